The first kappa shape index (κ1) is 17.4. The summed E-state index contributed by atoms with van der Waals surface area (Å²) in [4.78, 5) is 25.3. The molecule has 126 valence electrons. The Morgan fingerprint density at radius 1 is 1.43 bits per heavy atom. The number of para-hydroxylation sites is 2. The normalized spacial score (nSPS) is 18.5. The number of nitrogens with zero attached hydrogens (tertiary/aromatic N) is 1. The highest BCUT2D eigenvalue weighted by Crippen LogP contribution is 2.25. The first-order valence-electron chi connectivity index (χ1n) is 7.86. The molecule has 0 saturated carbocycles. The van der Waals surface area contributed by atoms with Crippen LogP contribution in [0.1, 0.15) is 26.7 Å². The van der Waals surface area contributed by atoms with Crippen LogP contribution in [-0.4, -0.2) is 44.3 Å². The molecule has 0 aliphatic carbocycles. The van der Waals surface area contributed by atoms with Crippen LogP contribution in [0.4, 0.5) is 11.4 Å². The summed E-state index contributed by atoms with van der Waals surface area (Å²) in [6.07, 6.45) is 1.51. The van der Waals surface area contributed by atoms with Crippen molar-refractivity contribution < 1.29 is 19.1 Å². The van der Waals surface area contributed by atoms with Crippen LogP contribution in [0.3, 0.4) is 0 Å². The van der Waals surface area contributed by atoms with Gasteiger partial charge < -0.3 is 19.7 Å². The maximum absolute atomic E-state index is 12.3. The van der Waals surface area contributed by atoms with Gasteiger partial charge >= 0.3 is 0 Å². The van der Waals surface area contributed by atoms with Gasteiger partial charge in [0.25, 0.3) is 5.91 Å². The number of carbonyl (C=O) groups is 2. The molecule has 6 heteroatoms. The summed E-state index contributed by atoms with van der Waals surface area (Å²) < 4.78 is 11.1. The van der Waals surface area contributed by atoms with Crippen molar-refractivity contribution >= 4 is 23.2 Å². The highest BCUT2D eigenvalue weighted by molar-refractivity contribution is 6.01. The van der Waals surface area contributed by atoms with Gasteiger partial charge in [-0.15, -0.1) is 0 Å². The standard InChI is InChI=1S/C17H24N2O4/c1-12(23-11-14-7-6-10-22-14)17(21)18-15-8-4-5-9-16(15)19(3)13(2)20/h4-5,8-9,12,14H,6-7,10-11H2,1-3H3,(H,18,21)/t12-,14-/m1/s1. The van der Waals surface area contributed by atoms with E-state index in [-0.39, 0.29) is 17.9 Å². The maximum Gasteiger partial charge on any atom is 0.253 e. The van der Waals surface area contributed by atoms with Crippen molar-refractivity contribution in [1.82, 2.24) is 0 Å². The van der Waals surface area contributed by atoms with Gasteiger partial charge in [0.1, 0.15) is 6.10 Å². The molecule has 1 aliphatic rings. The van der Waals surface area contributed by atoms with Crippen molar-refractivity contribution in [2.75, 3.05) is 30.5 Å². The second-order valence-corrected chi connectivity index (χ2v) is 5.70. The SMILES string of the molecule is CC(=O)N(C)c1ccccc1NC(=O)[C@@H](C)OC[C@H]1CCCO1. The van der Waals surface area contributed by atoms with Gasteiger partial charge in [-0.25, -0.2) is 0 Å². The quantitative estimate of drug-likeness (QED) is 0.872. The molecule has 0 bridgehead atoms. The zero-order chi connectivity index (χ0) is 16.8. The maximum atomic E-state index is 12.3. The molecule has 2 atom stereocenters. The monoisotopic (exact) mass is 320 g/mol. The Morgan fingerprint density at radius 2 is 2.17 bits per heavy atom. The molecular weight excluding hydrogens is 296 g/mol. The van der Waals surface area contributed by atoms with Crippen molar-refractivity contribution in [3.05, 3.63) is 24.3 Å². The predicted molar refractivity (Wildman–Crippen MR) is 88.5 cm³/mol. The van der Waals surface area contributed by atoms with E-state index in [9.17, 15) is 9.59 Å². The third-order valence-electron chi connectivity index (χ3n) is 3.92. The lowest BCUT2D eigenvalue weighted by Gasteiger charge is -2.21. The van der Waals surface area contributed by atoms with Crippen LogP contribution >= 0.6 is 0 Å². The summed E-state index contributed by atoms with van der Waals surface area (Å²) in [6, 6.07) is 7.18. The molecule has 1 N–H and O–H groups in total. The number of ether oxygens (including phenoxy) is 2. The number of benzene rings is 1. The molecule has 1 aliphatic heterocycles. The van der Waals surface area contributed by atoms with E-state index >= 15 is 0 Å². The third-order valence-corrected chi connectivity index (χ3v) is 3.92. The van der Waals surface area contributed by atoms with Crippen LogP contribution in [0.5, 0.6) is 0 Å². The van der Waals surface area contributed by atoms with Gasteiger partial charge in [-0.1, -0.05) is 12.1 Å². The Bertz CT molecular complexity index is 555. The lowest BCUT2D eigenvalue weighted by molar-refractivity contribution is -0.128. The summed E-state index contributed by atoms with van der Waals surface area (Å²) in [5.41, 5.74) is 1.24. The average Bonchev–Trinajstić information content (AvgIpc) is 3.05. The number of carbonyl (C=O) groups excluding carboxylic acids is 2. The van der Waals surface area contributed by atoms with E-state index in [1.54, 1.807) is 26.1 Å². The molecule has 1 aromatic rings. The summed E-state index contributed by atoms with van der Waals surface area (Å²) in [5.74, 6) is -0.346. The molecule has 0 unspecified atom stereocenters. The summed E-state index contributed by atoms with van der Waals surface area (Å²) in [5, 5.41) is 2.82. The van der Waals surface area contributed by atoms with Crippen LogP contribution in [-0.2, 0) is 19.1 Å². The Labute approximate surface area is 136 Å². The summed E-state index contributed by atoms with van der Waals surface area (Å²) >= 11 is 0. The van der Waals surface area contributed by atoms with Gasteiger partial charge in [0, 0.05) is 20.6 Å². The molecule has 1 aromatic carbocycles. The summed E-state index contributed by atoms with van der Waals surface area (Å²) in [6.45, 7) is 4.37. The van der Waals surface area contributed by atoms with Crippen LogP contribution in [0, 0.1) is 0 Å². The van der Waals surface area contributed by atoms with E-state index in [2.05, 4.69) is 5.32 Å². The van der Waals surface area contributed by atoms with Crippen LogP contribution in [0.25, 0.3) is 0 Å². The molecule has 0 spiro atoms. The van der Waals surface area contributed by atoms with E-state index in [4.69, 9.17) is 9.47 Å². The molecule has 0 radical (unpaired) electrons. The fourth-order valence-electron chi connectivity index (χ4n) is 2.38. The van der Waals surface area contributed by atoms with Crippen molar-refractivity contribution in [3.8, 4) is 0 Å². The fourth-order valence-corrected chi connectivity index (χ4v) is 2.38. The first-order chi connectivity index (χ1) is 11.0. The largest absolute Gasteiger partial charge is 0.376 e. The van der Waals surface area contributed by atoms with Crippen LogP contribution < -0.4 is 10.2 Å². The minimum atomic E-state index is -0.588. The molecule has 1 saturated heterocycles. The number of hydrogen-bond donors (Lipinski definition) is 1. The Hall–Kier alpha value is -1.92. The number of hydrogen-bond acceptors (Lipinski definition) is 4. The number of rotatable bonds is 6. The van der Waals surface area contributed by atoms with Gasteiger partial charge in [0.05, 0.1) is 24.1 Å². The molecule has 6 nitrogen and oxygen atoms in total. The van der Waals surface area contributed by atoms with Crippen molar-refractivity contribution in [1.29, 1.82) is 0 Å². The van der Waals surface area contributed by atoms with Crippen LogP contribution in [0.15, 0.2) is 24.3 Å². The topological polar surface area (TPSA) is 67.9 Å². The Balaban J connectivity index is 1.95. The molecule has 2 rings (SSSR count). The van der Waals surface area contributed by atoms with Gasteiger partial charge in [-0.3, -0.25) is 9.59 Å². The lowest BCUT2D eigenvalue weighted by Crippen LogP contribution is -2.31. The minimum Gasteiger partial charge on any atom is -0.376 e. The smallest absolute Gasteiger partial charge is 0.253 e. The fraction of sp³-hybridized carbons (Fsp3) is 0.529. The van der Waals surface area contributed by atoms with Crippen LogP contribution in [0.2, 0.25) is 0 Å². The molecule has 1 heterocycles. The Kier molecular flexibility index (Phi) is 6.12. The highest BCUT2D eigenvalue weighted by Gasteiger charge is 2.21. The highest BCUT2D eigenvalue weighted by atomic mass is 16.5. The number of nitrogens with one attached hydrogen (secondary N) is 1. The summed E-state index contributed by atoms with van der Waals surface area (Å²) in [7, 11) is 1.67. The van der Waals surface area contributed by atoms with Crippen molar-refractivity contribution in [2.24, 2.45) is 0 Å². The lowest BCUT2D eigenvalue weighted by atomic mass is 10.2. The average molecular weight is 320 g/mol. The minimum absolute atomic E-state index is 0.0846. The first-order valence-corrected chi connectivity index (χ1v) is 7.86. The molecule has 0 aromatic heterocycles. The van der Waals surface area contributed by atoms with Gasteiger partial charge in [0.15, 0.2) is 0 Å². The molecule has 1 fully saturated rings. The second-order valence-electron chi connectivity index (χ2n) is 5.70. The van der Waals surface area contributed by atoms with E-state index in [0.717, 1.165) is 19.4 Å². The van der Waals surface area contributed by atoms with Gasteiger partial charge in [-0.05, 0) is 31.9 Å². The van der Waals surface area contributed by atoms with E-state index in [1.807, 2.05) is 12.1 Å². The zero-order valence-corrected chi connectivity index (χ0v) is 13.9. The van der Waals surface area contributed by atoms with E-state index in [0.29, 0.717) is 18.0 Å². The third kappa shape index (κ3) is 4.77. The van der Waals surface area contributed by atoms with Gasteiger partial charge in [-0.2, -0.15) is 0 Å². The molecule has 2 amide bonds. The predicted octanol–water partition coefficient (Wildman–Crippen LogP) is 2.19. The van der Waals surface area contributed by atoms with E-state index in [1.165, 1.54) is 11.8 Å². The van der Waals surface area contributed by atoms with Crippen molar-refractivity contribution in [2.45, 2.75) is 38.9 Å². The molecular formula is C17H24N2O4. The molecule has 23 heavy (non-hydrogen) atoms. The second kappa shape index (κ2) is 8.08. The van der Waals surface area contributed by atoms with E-state index < -0.39 is 6.10 Å². The Morgan fingerprint density at radius 3 is 2.83 bits per heavy atom. The van der Waals surface area contributed by atoms with Crippen molar-refractivity contribution in [3.63, 3.8) is 0 Å². The number of anilines is 2. The zero-order valence-electron chi connectivity index (χ0n) is 13.9. The van der Waals surface area contributed by atoms with Gasteiger partial charge in [0.2, 0.25) is 5.91 Å². The number of amides is 2.